The summed E-state index contributed by atoms with van der Waals surface area (Å²) < 4.78 is 0. The highest BCUT2D eigenvalue weighted by Crippen LogP contribution is 2.32. The Kier molecular flexibility index (Phi) is 2.50. The van der Waals surface area contributed by atoms with Crippen molar-refractivity contribution in [2.75, 3.05) is 17.2 Å². The minimum absolute atomic E-state index is 0.0656. The average molecular weight is 227 g/mol. The molecule has 1 aliphatic heterocycles. The molecular weight excluding hydrogens is 216 g/mol. The Hall–Kier alpha value is -1.33. The lowest BCUT2D eigenvalue weighted by Gasteiger charge is -2.18. The van der Waals surface area contributed by atoms with Crippen LogP contribution >= 0.6 is 11.6 Å². The van der Waals surface area contributed by atoms with Crippen molar-refractivity contribution in [2.45, 2.75) is 12.5 Å². The first-order valence-corrected chi connectivity index (χ1v) is 4.93. The first kappa shape index (κ1) is 10.2. The van der Waals surface area contributed by atoms with Crippen LogP contribution in [0.5, 0.6) is 0 Å². The zero-order valence-electron chi connectivity index (χ0n) is 7.98. The third-order valence-electron chi connectivity index (χ3n) is 2.34. The Labute approximate surface area is 92.0 Å². The number of aromatic nitrogens is 1. The molecule has 1 saturated heterocycles. The van der Waals surface area contributed by atoms with E-state index in [2.05, 4.69) is 4.98 Å². The Morgan fingerprint density at radius 2 is 2.33 bits per heavy atom. The van der Waals surface area contributed by atoms with Crippen molar-refractivity contribution in [2.24, 2.45) is 5.73 Å². The van der Waals surface area contributed by atoms with Crippen LogP contribution in [0.3, 0.4) is 0 Å². The second kappa shape index (κ2) is 3.67. The fourth-order valence-corrected chi connectivity index (χ4v) is 1.93. The predicted octanol–water partition coefficient (Wildman–Crippen LogP) is 0.381. The van der Waals surface area contributed by atoms with Gasteiger partial charge in [-0.2, -0.15) is 0 Å². The Morgan fingerprint density at radius 3 is 2.87 bits per heavy atom. The van der Waals surface area contributed by atoms with Gasteiger partial charge in [0.05, 0.1) is 5.69 Å². The van der Waals surface area contributed by atoms with Crippen molar-refractivity contribution in [1.29, 1.82) is 0 Å². The number of halogens is 1. The van der Waals surface area contributed by atoms with E-state index in [4.69, 9.17) is 23.1 Å². The van der Waals surface area contributed by atoms with Gasteiger partial charge in [0.15, 0.2) is 5.15 Å². The second-order valence-electron chi connectivity index (χ2n) is 3.51. The molecule has 1 atom stereocenters. The van der Waals surface area contributed by atoms with Crippen molar-refractivity contribution < 1.29 is 4.79 Å². The fourth-order valence-electron chi connectivity index (χ4n) is 1.66. The molecule has 1 aromatic heterocycles. The van der Waals surface area contributed by atoms with E-state index in [1.807, 2.05) is 0 Å². The molecule has 5 nitrogen and oxygen atoms in total. The molecule has 80 valence electrons. The summed E-state index contributed by atoms with van der Waals surface area (Å²) in [6, 6.07) is 1.45. The van der Waals surface area contributed by atoms with Gasteiger partial charge in [-0.15, -0.1) is 0 Å². The molecular formula is C9H11ClN4O. The quantitative estimate of drug-likeness (QED) is 0.678. The van der Waals surface area contributed by atoms with E-state index in [0.29, 0.717) is 24.3 Å². The summed E-state index contributed by atoms with van der Waals surface area (Å²) in [6.07, 6.45) is 1.83. The standard InChI is InChI=1S/C9H11ClN4O/c10-9-8(6(12)1-2-13-9)14-4-5(11)3-7(14)15/h1-2,5H,3-4,11H2,(H2,12,13). The van der Waals surface area contributed by atoms with Gasteiger partial charge in [0.25, 0.3) is 0 Å². The average Bonchev–Trinajstić information content (AvgIpc) is 2.45. The lowest BCUT2D eigenvalue weighted by atomic mass is 10.3. The van der Waals surface area contributed by atoms with Crippen LogP contribution in [0.1, 0.15) is 6.42 Å². The van der Waals surface area contributed by atoms with Gasteiger partial charge in [0.1, 0.15) is 5.69 Å². The van der Waals surface area contributed by atoms with Crippen molar-refractivity contribution >= 4 is 28.9 Å². The first-order valence-electron chi connectivity index (χ1n) is 4.55. The van der Waals surface area contributed by atoms with Crippen LogP contribution in [0.25, 0.3) is 0 Å². The number of pyridine rings is 1. The van der Waals surface area contributed by atoms with Crippen LogP contribution in [0, 0.1) is 0 Å². The van der Waals surface area contributed by atoms with E-state index in [1.54, 1.807) is 6.07 Å². The van der Waals surface area contributed by atoms with Crippen LogP contribution in [0.2, 0.25) is 5.15 Å². The van der Waals surface area contributed by atoms with E-state index in [-0.39, 0.29) is 17.1 Å². The Morgan fingerprint density at radius 1 is 1.60 bits per heavy atom. The first-order chi connectivity index (χ1) is 7.09. The molecule has 0 aliphatic carbocycles. The van der Waals surface area contributed by atoms with Crippen molar-refractivity contribution in [1.82, 2.24) is 4.98 Å². The van der Waals surface area contributed by atoms with Crippen molar-refractivity contribution in [3.8, 4) is 0 Å². The van der Waals surface area contributed by atoms with E-state index in [1.165, 1.54) is 11.1 Å². The smallest absolute Gasteiger partial charge is 0.228 e. The SMILES string of the molecule is Nc1ccnc(Cl)c1N1CC(N)CC1=O. The summed E-state index contributed by atoms with van der Waals surface area (Å²) in [6.45, 7) is 0.439. The molecule has 1 fully saturated rings. The van der Waals surface area contributed by atoms with Gasteiger partial charge in [-0.25, -0.2) is 4.98 Å². The van der Waals surface area contributed by atoms with E-state index in [9.17, 15) is 4.79 Å². The fraction of sp³-hybridized carbons (Fsp3) is 0.333. The van der Waals surface area contributed by atoms with Gasteiger partial charge in [-0.1, -0.05) is 11.6 Å². The molecule has 0 radical (unpaired) electrons. The van der Waals surface area contributed by atoms with Crippen molar-refractivity contribution in [3.63, 3.8) is 0 Å². The van der Waals surface area contributed by atoms with Gasteiger partial charge in [-0.3, -0.25) is 4.79 Å². The number of hydrogen-bond acceptors (Lipinski definition) is 4. The van der Waals surface area contributed by atoms with Crippen LogP contribution in [0.4, 0.5) is 11.4 Å². The van der Waals surface area contributed by atoms with Crippen LogP contribution in [0.15, 0.2) is 12.3 Å². The Bertz CT molecular complexity index is 389. The zero-order valence-corrected chi connectivity index (χ0v) is 8.74. The summed E-state index contributed by atoms with van der Waals surface area (Å²) in [4.78, 5) is 17.0. The van der Waals surface area contributed by atoms with Crippen molar-refractivity contribution in [3.05, 3.63) is 17.4 Å². The molecule has 1 aliphatic rings. The molecule has 0 saturated carbocycles. The minimum Gasteiger partial charge on any atom is -0.397 e. The summed E-state index contributed by atoms with van der Waals surface area (Å²) in [5.41, 5.74) is 12.3. The molecule has 0 spiro atoms. The largest absolute Gasteiger partial charge is 0.397 e. The maximum absolute atomic E-state index is 11.6. The highest BCUT2D eigenvalue weighted by Gasteiger charge is 2.30. The summed E-state index contributed by atoms with van der Waals surface area (Å²) in [5.74, 6) is -0.0656. The third kappa shape index (κ3) is 1.75. The second-order valence-corrected chi connectivity index (χ2v) is 3.87. The molecule has 2 rings (SSSR count). The predicted molar refractivity (Wildman–Crippen MR) is 58.6 cm³/mol. The van der Waals surface area contributed by atoms with Gasteiger partial charge in [0, 0.05) is 25.2 Å². The lowest BCUT2D eigenvalue weighted by molar-refractivity contribution is -0.117. The van der Waals surface area contributed by atoms with E-state index >= 15 is 0 Å². The number of anilines is 2. The summed E-state index contributed by atoms with van der Waals surface area (Å²) >= 11 is 5.90. The molecule has 1 amide bonds. The summed E-state index contributed by atoms with van der Waals surface area (Å²) in [7, 11) is 0. The number of hydrogen-bond donors (Lipinski definition) is 2. The molecule has 0 bridgehead atoms. The molecule has 15 heavy (non-hydrogen) atoms. The maximum atomic E-state index is 11.6. The van der Waals surface area contributed by atoms with Crippen LogP contribution < -0.4 is 16.4 Å². The molecule has 4 N–H and O–H groups in total. The van der Waals surface area contributed by atoms with Gasteiger partial charge >= 0.3 is 0 Å². The number of nitrogens with two attached hydrogens (primary N) is 2. The number of carbonyl (C=O) groups excluding carboxylic acids is 1. The maximum Gasteiger partial charge on any atom is 0.228 e. The number of carbonyl (C=O) groups is 1. The van der Waals surface area contributed by atoms with E-state index in [0.717, 1.165) is 0 Å². The molecule has 6 heteroatoms. The van der Waals surface area contributed by atoms with Gasteiger partial charge in [-0.05, 0) is 6.07 Å². The molecule has 2 heterocycles. The molecule has 0 aromatic carbocycles. The number of amides is 1. The monoisotopic (exact) mass is 226 g/mol. The number of rotatable bonds is 1. The Balaban J connectivity index is 2.41. The molecule has 1 aromatic rings. The van der Waals surface area contributed by atoms with E-state index < -0.39 is 0 Å². The van der Waals surface area contributed by atoms with Crippen LogP contribution in [-0.2, 0) is 4.79 Å². The summed E-state index contributed by atoms with van der Waals surface area (Å²) in [5, 5.41) is 0.234. The minimum atomic E-state index is -0.159. The third-order valence-corrected chi connectivity index (χ3v) is 2.61. The molecule has 1 unspecified atom stereocenters. The number of nitrogen functional groups attached to an aromatic ring is 1. The zero-order chi connectivity index (χ0) is 11.0. The lowest BCUT2D eigenvalue weighted by Crippen LogP contribution is -2.29. The normalized spacial score (nSPS) is 21.1. The number of nitrogens with zero attached hydrogens (tertiary/aromatic N) is 2. The topological polar surface area (TPSA) is 85.2 Å². The highest BCUT2D eigenvalue weighted by atomic mass is 35.5. The highest BCUT2D eigenvalue weighted by molar-refractivity contribution is 6.33. The van der Waals surface area contributed by atoms with Crippen LogP contribution in [-0.4, -0.2) is 23.5 Å². The van der Waals surface area contributed by atoms with Gasteiger partial charge in [0.2, 0.25) is 5.91 Å². The van der Waals surface area contributed by atoms with Gasteiger partial charge < -0.3 is 16.4 Å².